The van der Waals surface area contributed by atoms with Crippen molar-refractivity contribution in [1.82, 2.24) is 15.3 Å². The van der Waals surface area contributed by atoms with Crippen molar-refractivity contribution in [2.45, 2.75) is 6.42 Å². The zero-order valence-corrected chi connectivity index (χ0v) is 10.1. The Labute approximate surface area is 109 Å². The molecule has 2 rings (SSSR count). The van der Waals surface area contributed by atoms with E-state index < -0.39 is 11.7 Å². The Hall–Kier alpha value is -2.50. The third-order valence-corrected chi connectivity index (χ3v) is 2.55. The number of rotatable bonds is 4. The van der Waals surface area contributed by atoms with Crippen molar-refractivity contribution in [3.63, 3.8) is 0 Å². The molecule has 0 bridgehead atoms. The molecule has 0 atom stereocenters. The molecule has 2 aromatic heterocycles. The maximum Gasteiger partial charge on any atom is 0.254 e. The first-order valence-electron chi connectivity index (χ1n) is 5.76. The minimum atomic E-state index is -0.794. The van der Waals surface area contributed by atoms with Crippen LogP contribution in [0.5, 0.6) is 0 Å². The number of pyridine rings is 2. The Morgan fingerprint density at radius 3 is 2.84 bits per heavy atom. The van der Waals surface area contributed by atoms with Crippen LogP contribution in [0.4, 0.5) is 10.2 Å². The Morgan fingerprint density at radius 2 is 2.11 bits per heavy atom. The molecule has 0 aliphatic carbocycles. The van der Waals surface area contributed by atoms with E-state index in [9.17, 15) is 9.18 Å². The lowest BCUT2D eigenvalue weighted by atomic mass is 10.2. The van der Waals surface area contributed by atoms with Gasteiger partial charge in [-0.25, -0.2) is 9.37 Å². The second kappa shape index (κ2) is 5.90. The molecule has 1 amide bonds. The molecule has 0 fully saturated rings. The first kappa shape index (κ1) is 12.9. The number of carbonyl (C=O) groups excluding carboxylic acids is 1. The van der Waals surface area contributed by atoms with E-state index in [-0.39, 0.29) is 11.4 Å². The molecule has 0 radical (unpaired) electrons. The Bertz CT molecular complexity index is 574. The number of nitrogens with one attached hydrogen (secondary N) is 1. The predicted molar refractivity (Wildman–Crippen MR) is 68.9 cm³/mol. The zero-order chi connectivity index (χ0) is 13.7. The Balaban J connectivity index is 1.93. The number of aromatic nitrogens is 2. The van der Waals surface area contributed by atoms with E-state index in [0.29, 0.717) is 13.0 Å². The lowest BCUT2D eigenvalue weighted by molar-refractivity contribution is 0.0950. The molecule has 2 aromatic rings. The fourth-order valence-corrected chi connectivity index (χ4v) is 1.58. The van der Waals surface area contributed by atoms with E-state index in [2.05, 4.69) is 15.3 Å². The fourth-order valence-electron chi connectivity index (χ4n) is 1.58. The van der Waals surface area contributed by atoms with Crippen molar-refractivity contribution in [2.24, 2.45) is 0 Å². The smallest absolute Gasteiger partial charge is 0.254 e. The van der Waals surface area contributed by atoms with Crippen LogP contribution in [-0.2, 0) is 6.42 Å². The number of anilines is 1. The van der Waals surface area contributed by atoms with Crippen LogP contribution in [0.3, 0.4) is 0 Å². The summed E-state index contributed by atoms with van der Waals surface area (Å²) in [6, 6.07) is 6.84. The van der Waals surface area contributed by atoms with Gasteiger partial charge in [0.15, 0.2) is 11.6 Å². The van der Waals surface area contributed by atoms with Gasteiger partial charge in [-0.2, -0.15) is 0 Å². The third kappa shape index (κ3) is 3.25. The summed E-state index contributed by atoms with van der Waals surface area (Å²) in [5, 5.41) is 2.61. The summed E-state index contributed by atoms with van der Waals surface area (Å²) in [5.41, 5.74) is 6.06. The van der Waals surface area contributed by atoms with Crippen LogP contribution in [0, 0.1) is 5.82 Å². The Morgan fingerprint density at radius 1 is 1.26 bits per heavy atom. The minimum Gasteiger partial charge on any atom is -0.381 e. The highest BCUT2D eigenvalue weighted by molar-refractivity contribution is 5.95. The highest BCUT2D eigenvalue weighted by Gasteiger charge is 2.13. The molecule has 3 N–H and O–H groups in total. The highest BCUT2D eigenvalue weighted by atomic mass is 19.1. The van der Waals surface area contributed by atoms with E-state index in [1.807, 2.05) is 18.2 Å². The molecule has 0 spiro atoms. The lowest BCUT2D eigenvalue weighted by Crippen LogP contribution is -2.27. The van der Waals surface area contributed by atoms with Crippen LogP contribution in [-0.4, -0.2) is 22.4 Å². The van der Waals surface area contributed by atoms with E-state index in [1.54, 1.807) is 6.20 Å². The van der Waals surface area contributed by atoms with Gasteiger partial charge >= 0.3 is 0 Å². The maximum atomic E-state index is 13.5. The van der Waals surface area contributed by atoms with Crippen LogP contribution >= 0.6 is 0 Å². The second-order valence-electron chi connectivity index (χ2n) is 3.88. The summed E-state index contributed by atoms with van der Waals surface area (Å²) in [6.45, 7) is 0.373. The first-order chi connectivity index (χ1) is 9.18. The molecule has 0 saturated carbocycles. The van der Waals surface area contributed by atoms with Gasteiger partial charge in [0.25, 0.3) is 5.91 Å². The Kier molecular flexibility index (Phi) is 4.02. The number of nitrogens with two attached hydrogens (primary N) is 1. The lowest BCUT2D eigenvalue weighted by Gasteiger charge is -2.06. The standard InChI is InChI=1S/C13H13FN4O/c14-11-10(5-8-17-12(11)15)13(19)18-7-4-9-3-1-2-6-16-9/h1-3,5-6,8H,4,7H2,(H2,15,17)(H,18,19). The number of nitrogen functional groups attached to an aromatic ring is 1. The third-order valence-electron chi connectivity index (χ3n) is 2.55. The molecular weight excluding hydrogens is 247 g/mol. The van der Waals surface area contributed by atoms with Crippen LogP contribution in [0.15, 0.2) is 36.7 Å². The predicted octanol–water partition coefficient (Wildman–Crippen LogP) is 1.17. The highest BCUT2D eigenvalue weighted by Crippen LogP contribution is 2.11. The minimum absolute atomic E-state index is 0.103. The van der Waals surface area contributed by atoms with E-state index in [4.69, 9.17) is 5.73 Å². The SMILES string of the molecule is Nc1nccc(C(=O)NCCc2ccccn2)c1F. The van der Waals surface area contributed by atoms with Crippen molar-refractivity contribution >= 4 is 11.7 Å². The van der Waals surface area contributed by atoms with E-state index >= 15 is 0 Å². The van der Waals surface area contributed by atoms with Gasteiger partial charge in [-0.1, -0.05) is 6.07 Å². The maximum absolute atomic E-state index is 13.5. The molecule has 98 valence electrons. The summed E-state index contributed by atoms with van der Waals surface area (Å²) in [7, 11) is 0. The zero-order valence-electron chi connectivity index (χ0n) is 10.1. The second-order valence-corrected chi connectivity index (χ2v) is 3.88. The molecule has 0 unspecified atom stereocenters. The van der Waals surface area contributed by atoms with E-state index in [0.717, 1.165) is 5.69 Å². The average molecular weight is 260 g/mol. The van der Waals surface area contributed by atoms with Crippen molar-refractivity contribution in [3.8, 4) is 0 Å². The van der Waals surface area contributed by atoms with Gasteiger partial charge in [-0.15, -0.1) is 0 Å². The van der Waals surface area contributed by atoms with E-state index in [1.165, 1.54) is 12.3 Å². The summed E-state index contributed by atoms with van der Waals surface area (Å²) in [6.07, 6.45) is 3.56. The summed E-state index contributed by atoms with van der Waals surface area (Å²) >= 11 is 0. The summed E-state index contributed by atoms with van der Waals surface area (Å²) in [5.74, 6) is -1.59. The van der Waals surface area contributed by atoms with Gasteiger partial charge in [-0.05, 0) is 18.2 Å². The van der Waals surface area contributed by atoms with Crippen molar-refractivity contribution < 1.29 is 9.18 Å². The monoisotopic (exact) mass is 260 g/mol. The van der Waals surface area contributed by atoms with Crippen molar-refractivity contribution in [2.75, 3.05) is 12.3 Å². The molecule has 0 saturated heterocycles. The van der Waals surface area contributed by atoms with Crippen LogP contribution in [0.25, 0.3) is 0 Å². The molecule has 6 heteroatoms. The molecular formula is C13H13FN4O. The molecule has 0 aromatic carbocycles. The van der Waals surface area contributed by atoms with Crippen LogP contribution in [0.1, 0.15) is 16.1 Å². The fraction of sp³-hybridized carbons (Fsp3) is 0.154. The van der Waals surface area contributed by atoms with Gasteiger partial charge in [0.1, 0.15) is 0 Å². The quantitative estimate of drug-likeness (QED) is 0.864. The molecule has 0 aliphatic heterocycles. The molecule has 5 nitrogen and oxygen atoms in total. The number of nitrogens with zero attached hydrogens (tertiary/aromatic N) is 2. The molecule has 0 aliphatic rings. The summed E-state index contributed by atoms with van der Waals surface area (Å²) in [4.78, 5) is 19.4. The average Bonchev–Trinajstić information content (AvgIpc) is 2.43. The van der Waals surface area contributed by atoms with Crippen LogP contribution in [0.2, 0.25) is 0 Å². The van der Waals surface area contributed by atoms with Gasteiger partial charge in [0.2, 0.25) is 0 Å². The number of hydrogen-bond donors (Lipinski definition) is 2. The van der Waals surface area contributed by atoms with Crippen molar-refractivity contribution in [3.05, 3.63) is 53.7 Å². The first-order valence-corrected chi connectivity index (χ1v) is 5.76. The van der Waals surface area contributed by atoms with Gasteiger partial charge in [0, 0.05) is 31.1 Å². The number of hydrogen-bond acceptors (Lipinski definition) is 4. The van der Waals surface area contributed by atoms with Gasteiger partial charge < -0.3 is 11.1 Å². The summed E-state index contributed by atoms with van der Waals surface area (Å²) < 4.78 is 13.5. The van der Waals surface area contributed by atoms with Crippen molar-refractivity contribution in [1.29, 1.82) is 0 Å². The van der Waals surface area contributed by atoms with Gasteiger partial charge in [-0.3, -0.25) is 9.78 Å². The topological polar surface area (TPSA) is 80.9 Å². The molecule has 19 heavy (non-hydrogen) atoms. The number of amides is 1. The number of carbonyl (C=O) groups is 1. The number of halogens is 1. The largest absolute Gasteiger partial charge is 0.381 e. The molecule has 2 heterocycles. The van der Waals surface area contributed by atoms with Gasteiger partial charge in [0.05, 0.1) is 5.56 Å². The normalized spacial score (nSPS) is 10.2. The van der Waals surface area contributed by atoms with Crippen LogP contribution < -0.4 is 11.1 Å².